The number of para-hydroxylation sites is 1. The molecule has 0 bridgehead atoms. The first-order chi connectivity index (χ1) is 30.2. The first-order valence-electron chi connectivity index (χ1n) is 20.8. The van der Waals surface area contributed by atoms with Gasteiger partial charge in [-0.25, -0.2) is 0 Å². The average molecular weight is 779 g/mol. The fourth-order valence-corrected chi connectivity index (χ4v) is 9.32. The molecule has 0 aliphatic carbocycles. The van der Waals surface area contributed by atoms with E-state index in [1.165, 1.54) is 60.4 Å². The molecule has 12 rings (SSSR count). The van der Waals surface area contributed by atoms with Crippen molar-refractivity contribution in [3.63, 3.8) is 0 Å². The highest BCUT2D eigenvalue weighted by Gasteiger charge is 2.20. The molecule has 0 aliphatic heterocycles. The Morgan fingerprint density at radius 2 is 0.918 bits per heavy atom. The Bertz CT molecular complexity index is 3470. The molecule has 3 nitrogen and oxygen atoms in total. The maximum atomic E-state index is 6.71. The van der Waals surface area contributed by atoms with Gasteiger partial charge in [0.25, 0.3) is 0 Å². The summed E-state index contributed by atoms with van der Waals surface area (Å²) in [6.45, 7) is 0. The molecule has 2 heterocycles. The number of aromatic nitrogens is 1. The minimum absolute atomic E-state index is 0.854. The number of anilines is 3. The quantitative estimate of drug-likeness (QED) is 0.161. The van der Waals surface area contributed by atoms with Crippen LogP contribution in [0.15, 0.2) is 235 Å². The van der Waals surface area contributed by atoms with Crippen molar-refractivity contribution in [2.45, 2.75) is 0 Å². The molecular weight excluding hydrogens is 741 g/mol. The van der Waals surface area contributed by atoms with Gasteiger partial charge in [-0.05, 0) is 111 Å². The molecule has 2 aromatic heterocycles. The number of nitrogens with zero attached hydrogens (tertiary/aromatic N) is 2. The molecule has 0 saturated heterocycles. The van der Waals surface area contributed by atoms with Gasteiger partial charge >= 0.3 is 0 Å². The van der Waals surface area contributed by atoms with E-state index in [1.54, 1.807) is 0 Å². The lowest BCUT2D eigenvalue weighted by Crippen LogP contribution is -2.09. The summed E-state index contributed by atoms with van der Waals surface area (Å²) in [7, 11) is 0. The minimum atomic E-state index is 0.854. The number of hydrogen-bond donors (Lipinski definition) is 0. The lowest BCUT2D eigenvalue weighted by atomic mass is 9.94. The summed E-state index contributed by atoms with van der Waals surface area (Å²) in [6.07, 6.45) is 0. The van der Waals surface area contributed by atoms with E-state index in [2.05, 4.69) is 240 Å². The van der Waals surface area contributed by atoms with Crippen molar-refractivity contribution in [2.24, 2.45) is 0 Å². The Balaban J connectivity index is 0.992. The van der Waals surface area contributed by atoms with E-state index in [1.807, 2.05) is 0 Å². The Labute approximate surface area is 353 Å². The fourth-order valence-electron chi connectivity index (χ4n) is 9.32. The van der Waals surface area contributed by atoms with Gasteiger partial charge < -0.3 is 13.9 Å². The third kappa shape index (κ3) is 5.90. The van der Waals surface area contributed by atoms with Crippen molar-refractivity contribution in [1.29, 1.82) is 0 Å². The van der Waals surface area contributed by atoms with Crippen LogP contribution in [-0.4, -0.2) is 4.57 Å². The van der Waals surface area contributed by atoms with Crippen LogP contribution in [0.3, 0.4) is 0 Å². The number of rotatable bonds is 7. The first-order valence-corrected chi connectivity index (χ1v) is 20.8. The second kappa shape index (κ2) is 14.3. The van der Waals surface area contributed by atoms with Crippen molar-refractivity contribution in [2.75, 3.05) is 4.90 Å². The normalized spacial score (nSPS) is 11.6. The van der Waals surface area contributed by atoms with Crippen molar-refractivity contribution < 1.29 is 4.42 Å². The van der Waals surface area contributed by atoms with Gasteiger partial charge in [-0.15, -0.1) is 0 Å². The standard InChI is InChI=1S/C58H38N2O/c1-4-13-39(14-5-1)41-23-28-45(29-24-41)59(46-30-25-42(26-31-46)40-15-6-2-7-16-40)47-33-36-55-52(37-47)50-34-32-48(38-56(50)61-55)60-53-22-11-10-20-51(53)58-54(60)35-27-44-19-12-21-49(57(44)58)43-17-8-3-9-18-43/h1-38H. The Morgan fingerprint density at radius 1 is 0.328 bits per heavy atom. The van der Waals surface area contributed by atoms with Crippen LogP contribution in [0.1, 0.15) is 0 Å². The zero-order chi connectivity index (χ0) is 40.3. The van der Waals surface area contributed by atoms with Crippen LogP contribution in [0.2, 0.25) is 0 Å². The van der Waals surface area contributed by atoms with Crippen LogP contribution in [0.4, 0.5) is 17.1 Å². The molecule has 10 aromatic carbocycles. The molecular formula is C58H38N2O. The van der Waals surface area contributed by atoms with Crippen molar-refractivity contribution in [1.82, 2.24) is 4.57 Å². The lowest BCUT2D eigenvalue weighted by Gasteiger charge is -2.26. The highest BCUT2D eigenvalue weighted by Crippen LogP contribution is 2.43. The zero-order valence-corrected chi connectivity index (χ0v) is 33.2. The second-order valence-corrected chi connectivity index (χ2v) is 15.7. The third-order valence-electron chi connectivity index (χ3n) is 12.2. The molecule has 61 heavy (non-hydrogen) atoms. The van der Waals surface area contributed by atoms with Gasteiger partial charge in [-0.1, -0.05) is 158 Å². The Hall–Kier alpha value is -8.14. The van der Waals surface area contributed by atoms with Gasteiger partial charge in [0.1, 0.15) is 11.2 Å². The monoisotopic (exact) mass is 778 g/mol. The highest BCUT2D eigenvalue weighted by atomic mass is 16.3. The SMILES string of the molecule is c1ccc(-c2ccc(N(c3ccc(-c4ccccc4)cc3)c3ccc4oc5cc(-n6c7ccccc7c7c8c(-c9ccccc9)cccc8ccc76)ccc5c4c3)cc2)cc1. The summed E-state index contributed by atoms with van der Waals surface area (Å²) in [5.41, 5.74) is 15.5. The van der Waals surface area contributed by atoms with Gasteiger partial charge in [0.05, 0.1) is 11.0 Å². The molecule has 0 unspecified atom stereocenters. The van der Waals surface area contributed by atoms with E-state index in [-0.39, 0.29) is 0 Å². The maximum Gasteiger partial charge on any atom is 0.137 e. The molecule has 0 aliphatic rings. The molecule has 0 N–H and O–H groups in total. The summed E-state index contributed by atoms with van der Waals surface area (Å²) in [4.78, 5) is 2.34. The molecule has 0 atom stereocenters. The fraction of sp³-hybridized carbons (Fsp3) is 0. The highest BCUT2D eigenvalue weighted by molar-refractivity contribution is 6.25. The average Bonchev–Trinajstić information content (AvgIpc) is 3.88. The zero-order valence-electron chi connectivity index (χ0n) is 33.2. The topological polar surface area (TPSA) is 21.3 Å². The molecule has 286 valence electrons. The van der Waals surface area contributed by atoms with Gasteiger partial charge in [0, 0.05) is 50.4 Å². The Morgan fingerprint density at radius 3 is 1.59 bits per heavy atom. The second-order valence-electron chi connectivity index (χ2n) is 15.7. The number of hydrogen-bond acceptors (Lipinski definition) is 2. The van der Waals surface area contributed by atoms with Gasteiger partial charge in [0.2, 0.25) is 0 Å². The number of fused-ring (bicyclic) bond motifs is 8. The first kappa shape index (κ1) is 34.9. The number of benzene rings is 10. The van der Waals surface area contributed by atoms with Crippen LogP contribution in [0, 0.1) is 0 Å². The van der Waals surface area contributed by atoms with Crippen molar-refractivity contribution in [3.8, 4) is 39.1 Å². The molecule has 0 fully saturated rings. The lowest BCUT2D eigenvalue weighted by molar-refractivity contribution is 0.668. The smallest absolute Gasteiger partial charge is 0.137 e. The summed E-state index contributed by atoms with van der Waals surface area (Å²) >= 11 is 0. The molecule has 0 saturated carbocycles. The van der Waals surface area contributed by atoms with Crippen LogP contribution in [0.25, 0.3) is 93.6 Å². The van der Waals surface area contributed by atoms with Gasteiger partial charge in [-0.3, -0.25) is 0 Å². The summed E-state index contributed by atoms with van der Waals surface area (Å²) in [5.74, 6) is 0. The molecule has 0 amide bonds. The Kier molecular flexibility index (Phi) is 8.17. The van der Waals surface area contributed by atoms with Crippen LogP contribution >= 0.6 is 0 Å². The molecule has 0 spiro atoms. The van der Waals surface area contributed by atoms with Crippen molar-refractivity contribution >= 4 is 71.6 Å². The molecule has 3 heteroatoms. The maximum absolute atomic E-state index is 6.71. The van der Waals surface area contributed by atoms with Crippen LogP contribution in [0.5, 0.6) is 0 Å². The summed E-state index contributed by atoms with van der Waals surface area (Å²) < 4.78 is 9.10. The largest absolute Gasteiger partial charge is 0.456 e. The van der Waals surface area contributed by atoms with Gasteiger partial charge in [0.15, 0.2) is 0 Å². The van der Waals surface area contributed by atoms with E-state index in [0.717, 1.165) is 50.2 Å². The molecule has 12 aromatic rings. The van der Waals surface area contributed by atoms with Crippen molar-refractivity contribution in [3.05, 3.63) is 231 Å². The number of furan rings is 1. The third-order valence-corrected chi connectivity index (χ3v) is 12.2. The van der Waals surface area contributed by atoms with E-state index in [4.69, 9.17) is 4.42 Å². The van der Waals surface area contributed by atoms with Crippen LogP contribution in [-0.2, 0) is 0 Å². The summed E-state index contributed by atoms with van der Waals surface area (Å²) in [6, 6.07) is 82.7. The minimum Gasteiger partial charge on any atom is -0.456 e. The molecule has 0 radical (unpaired) electrons. The van der Waals surface area contributed by atoms with Gasteiger partial charge in [-0.2, -0.15) is 0 Å². The van der Waals surface area contributed by atoms with E-state index in [9.17, 15) is 0 Å². The van der Waals surface area contributed by atoms with E-state index < -0.39 is 0 Å². The van der Waals surface area contributed by atoms with Crippen LogP contribution < -0.4 is 4.90 Å². The predicted molar refractivity (Wildman–Crippen MR) is 257 cm³/mol. The predicted octanol–water partition coefficient (Wildman–Crippen LogP) is 16.3. The van der Waals surface area contributed by atoms with E-state index in [0.29, 0.717) is 0 Å². The summed E-state index contributed by atoms with van der Waals surface area (Å²) in [5, 5.41) is 7.15. The van der Waals surface area contributed by atoms with E-state index >= 15 is 0 Å².